The number of hydrogen-bond donors (Lipinski definition) is 1. The molecular weight excluding hydrogens is 655 g/mol. The molecule has 0 bridgehead atoms. The molecule has 0 amide bonds. The molecule has 1 heterocycles. The van der Waals surface area contributed by atoms with Gasteiger partial charge in [0.15, 0.2) is 5.84 Å². The van der Waals surface area contributed by atoms with Crippen molar-refractivity contribution in [2.45, 2.75) is 24.2 Å². The molecule has 3 nitrogen and oxygen atoms in total. The monoisotopic (exact) mass is 697 g/mol. The topological polar surface area (TPSA) is 48.6 Å². The van der Waals surface area contributed by atoms with Crippen LogP contribution < -0.4 is 0 Å². The summed E-state index contributed by atoms with van der Waals surface area (Å²) in [5.74, 6) is 1.03. The molecule has 0 saturated carbocycles. The Morgan fingerprint density at radius 2 is 1.22 bits per heavy atom. The van der Waals surface area contributed by atoms with Gasteiger partial charge >= 0.3 is 0 Å². The van der Waals surface area contributed by atoms with E-state index in [1.807, 2.05) is 61.0 Å². The third kappa shape index (κ3) is 9.20. The number of benzene rings is 5. The zero-order chi connectivity index (χ0) is 37.0. The molecule has 0 aromatic heterocycles. The summed E-state index contributed by atoms with van der Waals surface area (Å²) in [5.41, 5.74) is 10.4. The van der Waals surface area contributed by atoms with E-state index in [1.165, 1.54) is 16.7 Å². The molecule has 0 fully saturated rings. The third-order valence-electron chi connectivity index (χ3n) is 9.81. The van der Waals surface area contributed by atoms with Crippen molar-refractivity contribution >= 4 is 29.9 Å². The number of amidine groups is 1. The summed E-state index contributed by atoms with van der Waals surface area (Å²) >= 11 is 0. The van der Waals surface area contributed by atoms with Gasteiger partial charge in [-0.15, -0.1) is 0 Å². The van der Waals surface area contributed by atoms with Crippen LogP contribution >= 0.6 is 0 Å². The van der Waals surface area contributed by atoms with E-state index in [1.54, 1.807) is 0 Å². The van der Waals surface area contributed by atoms with Crippen LogP contribution in [-0.2, 0) is 0 Å². The standard InChI is InChI=1S/C51H43N3/c1-38(13-8-9-14-39-24-29-45(30-25-39)49-21-11-10-20-48(49)44-17-6-3-7-18-44)51(52)54-50(46-33-31-42(32-34-46)41-15-4-2-5-16-41)35-26-40-22-27-43(28-23-40)47-19-12-36-53-37-47/h2-18,20-37,47-49,52H,1,19H2/b13-8-,14-9+,35-26+,52-51?,54-50?. The first-order valence-electron chi connectivity index (χ1n) is 18.4. The van der Waals surface area contributed by atoms with Gasteiger partial charge in [-0.2, -0.15) is 0 Å². The van der Waals surface area contributed by atoms with Crippen molar-refractivity contribution in [2.75, 3.05) is 0 Å². The van der Waals surface area contributed by atoms with E-state index in [9.17, 15) is 0 Å². The van der Waals surface area contributed by atoms with Crippen LogP contribution in [0.3, 0.4) is 0 Å². The lowest BCUT2D eigenvalue weighted by molar-refractivity contribution is 0.730. The Kier molecular flexibility index (Phi) is 11.7. The second-order valence-electron chi connectivity index (χ2n) is 13.5. The van der Waals surface area contributed by atoms with Crippen molar-refractivity contribution in [2.24, 2.45) is 9.98 Å². The van der Waals surface area contributed by atoms with Crippen molar-refractivity contribution in [1.29, 1.82) is 5.41 Å². The molecule has 3 unspecified atom stereocenters. The van der Waals surface area contributed by atoms with Gasteiger partial charge in [0.05, 0.1) is 5.71 Å². The molecule has 262 valence electrons. The zero-order valence-electron chi connectivity index (χ0n) is 30.2. The summed E-state index contributed by atoms with van der Waals surface area (Å²) in [6.07, 6.45) is 27.6. The smallest absolute Gasteiger partial charge is 0.151 e. The fourth-order valence-corrected chi connectivity index (χ4v) is 6.75. The highest BCUT2D eigenvalue weighted by Gasteiger charge is 2.21. The van der Waals surface area contributed by atoms with E-state index in [0.29, 0.717) is 29.0 Å². The van der Waals surface area contributed by atoms with Crippen LogP contribution in [0.4, 0.5) is 0 Å². The van der Waals surface area contributed by atoms with Crippen molar-refractivity contribution in [3.63, 3.8) is 0 Å². The van der Waals surface area contributed by atoms with Gasteiger partial charge in [-0.1, -0.05) is 201 Å². The molecule has 0 spiro atoms. The fraction of sp³-hybridized carbons (Fsp3) is 0.0784. The van der Waals surface area contributed by atoms with Crippen LogP contribution in [0.15, 0.2) is 216 Å². The van der Waals surface area contributed by atoms with Gasteiger partial charge in [0, 0.05) is 41.3 Å². The van der Waals surface area contributed by atoms with Crippen LogP contribution in [0.1, 0.15) is 57.6 Å². The molecule has 1 aliphatic carbocycles. The van der Waals surface area contributed by atoms with Gasteiger partial charge in [0.25, 0.3) is 0 Å². The third-order valence-corrected chi connectivity index (χ3v) is 9.81. The summed E-state index contributed by atoms with van der Waals surface area (Å²) in [5, 5.41) is 8.85. The van der Waals surface area contributed by atoms with Gasteiger partial charge in [0.2, 0.25) is 0 Å². The highest BCUT2D eigenvalue weighted by molar-refractivity contribution is 6.18. The lowest BCUT2D eigenvalue weighted by Crippen LogP contribution is -2.09. The normalized spacial score (nSPS) is 18.2. The predicted molar refractivity (Wildman–Crippen MR) is 231 cm³/mol. The minimum Gasteiger partial charge on any atom is -0.282 e. The molecule has 1 aliphatic heterocycles. The van der Waals surface area contributed by atoms with Crippen molar-refractivity contribution in [3.8, 4) is 11.1 Å². The van der Waals surface area contributed by atoms with E-state index in [-0.39, 0.29) is 5.84 Å². The summed E-state index contributed by atoms with van der Waals surface area (Å²) in [7, 11) is 0. The summed E-state index contributed by atoms with van der Waals surface area (Å²) in [6.45, 7) is 4.16. The van der Waals surface area contributed by atoms with Gasteiger partial charge in [-0.3, -0.25) is 10.4 Å². The lowest BCUT2D eigenvalue weighted by Gasteiger charge is -2.25. The van der Waals surface area contributed by atoms with Crippen molar-refractivity contribution in [3.05, 3.63) is 240 Å². The minimum absolute atomic E-state index is 0.110. The first kappa shape index (κ1) is 35.7. The Balaban J connectivity index is 1.04. The van der Waals surface area contributed by atoms with Crippen molar-refractivity contribution < 1.29 is 0 Å². The highest BCUT2D eigenvalue weighted by atomic mass is 14.8. The average molecular weight is 698 g/mol. The molecule has 5 aromatic carbocycles. The molecule has 7 rings (SSSR count). The number of nitrogens with one attached hydrogen (secondary N) is 1. The number of allylic oxidation sites excluding steroid dienone is 8. The van der Waals surface area contributed by atoms with Gasteiger partial charge in [0.1, 0.15) is 0 Å². The van der Waals surface area contributed by atoms with Crippen LogP contribution in [0.2, 0.25) is 0 Å². The van der Waals surface area contributed by atoms with Gasteiger partial charge in [-0.25, -0.2) is 4.99 Å². The second-order valence-corrected chi connectivity index (χ2v) is 13.5. The number of nitrogens with zero attached hydrogens (tertiary/aromatic N) is 2. The van der Waals surface area contributed by atoms with E-state index in [2.05, 4.69) is 163 Å². The zero-order valence-corrected chi connectivity index (χ0v) is 30.2. The first-order valence-corrected chi connectivity index (χ1v) is 18.4. The van der Waals surface area contributed by atoms with Crippen molar-refractivity contribution in [1.82, 2.24) is 0 Å². The predicted octanol–water partition coefficient (Wildman–Crippen LogP) is 12.7. The Morgan fingerprint density at radius 1 is 0.630 bits per heavy atom. The highest BCUT2D eigenvalue weighted by Crippen LogP contribution is 2.37. The van der Waals surface area contributed by atoms with Crippen LogP contribution in [0.5, 0.6) is 0 Å². The van der Waals surface area contributed by atoms with E-state index >= 15 is 0 Å². The molecule has 1 N–H and O–H groups in total. The summed E-state index contributed by atoms with van der Waals surface area (Å²) in [4.78, 5) is 9.09. The molecule has 54 heavy (non-hydrogen) atoms. The van der Waals surface area contributed by atoms with Crippen LogP contribution in [0, 0.1) is 5.41 Å². The molecular formula is C51H43N3. The van der Waals surface area contributed by atoms with Crippen LogP contribution in [0.25, 0.3) is 23.3 Å². The molecule has 0 radical (unpaired) electrons. The van der Waals surface area contributed by atoms with Gasteiger partial charge in [-0.05, 0) is 51.4 Å². The quantitative estimate of drug-likeness (QED) is 0.0811. The lowest BCUT2D eigenvalue weighted by atomic mass is 9.79. The molecule has 5 aromatic rings. The van der Waals surface area contributed by atoms with Gasteiger partial charge < -0.3 is 0 Å². The summed E-state index contributed by atoms with van der Waals surface area (Å²) in [6, 6.07) is 46.6. The summed E-state index contributed by atoms with van der Waals surface area (Å²) < 4.78 is 0. The maximum Gasteiger partial charge on any atom is 0.151 e. The number of aliphatic imine (C=N–C) groups is 2. The molecule has 0 saturated heterocycles. The maximum absolute atomic E-state index is 8.85. The molecule has 2 aliphatic rings. The minimum atomic E-state index is 0.110. The van der Waals surface area contributed by atoms with E-state index in [0.717, 1.165) is 34.2 Å². The SMILES string of the molecule is C=C(/C=C\C=C\c1ccc(C2C=CC=CC2c2ccccc2)cc1)C(=N)N=C(/C=C/c1ccc(C2C=NC=CC2)cc1)c1ccc(-c2ccccc2)cc1. The fourth-order valence-electron chi connectivity index (χ4n) is 6.75. The number of hydrogen-bond acceptors (Lipinski definition) is 2. The molecule has 3 heteroatoms. The Bertz CT molecular complexity index is 2300. The van der Waals surface area contributed by atoms with E-state index in [4.69, 9.17) is 10.4 Å². The maximum atomic E-state index is 8.85. The van der Waals surface area contributed by atoms with Crippen LogP contribution in [-0.4, -0.2) is 17.8 Å². The largest absolute Gasteiger partial charge is 0.282 e. The first-order chi connectivity index (χ1) is 26.6. The number of rotatable bonds is 11. The average Bonchev–Trinajstić information content (AvgIpc) is 3.25. The Morgan fingerprint density at radius 3 is 1.87 bits per heavy atom. The molecule has 3 atom stereocenters. The second kappa shape index (κ2) is 17.7. The Hall–Kier alpha value is -6.71. The Labute approximate surface area is 319 Å². The van der Waals surface area contributed by atoms with E-state index < -0.39 is 0 Å².